The number of pyridine rings is 1. The molecule has 2 aromatic heterocycles. The Morgan fingerprint density at radius 3 is 2.92 bits per heavy atom. The lowest BCUT2D eigenvalue weighted by Crippen LogP contribution is -2.42. The Hall–Kier alpha value is -2.54. The predicted octanol–water partition coefficient (Wildman–Crippen LogP) is 1.47. The van der Waals surface area contributed by atoms with E-state index in [1.807, 2.05) is 48.2 Å². The number of ether oxygens (including phenoxy) is 1. The fraction of sp³-hybridized carbons (Fsp3) is 0.444. The van der Waals surface area contributed by atoms with E-state index in [1.54, 1.807) is 12.4 Å². The summed E-state index contributed by atoms with van der Waals surface area (Å²) in [4.78, 5) is 29.2. The summed E-state index contributed by atoms with van der Waals surface area (Å²) in [5.41, 5.74) is 1.74. The molecule has 0 N–H and O–H groups in total. The standard InChI is InChI=1S/C18H23N5O2/c1-22(2)18-20-10-8-15(21-18)16-13-23(11-12-25-16)17(24)7-6-14-5-3-4-9-19-14/h3-5,8-10,16H,6-7,11-13H2,1-2H3/t16-/m0/s1. The van der Waals surface area contributed by atoms with Gasteiger partial charge >= 0.3 is 0 Å². The highest BCUT2D eigenvalue weighted by Crippen LogP contribution is 2.22. The van der Waals surface area contributed by atoms with Crippen LogP contribution < -0.4 is 4.90 Å². The number of nitrogens with zero attached hydrogens (tertiary/aromatic N) is 5. The second-order valence-electron chi connectivity index (χ2n) is 6.20. The van der Waals surface area contributed by atoms with Crippen LogP contribution in [0.3, 0.4) is 0 Å². The maximum atomic E-state index is 12.5. The van der Waals surface area contributed by atoms with Gasteiger partial charge in [0.2, 0.25) is 11.9 Å². The average Bonchev–Trinajstić information content (AvgIpc) is 2.67. The van der Waals surface area contributed by atoms with Gasteiger partial charge in [-0.25, -0.2) is 9.97 Å². The van der Waals surface area contributed by atoms with Gasteiger partial charge in [0.25, 0.3) is 0 Å². The molecule has 1 amide bonds. The van der Waals surface area contributed by atoms with Crippen LogP contribution in [0, 0.1) is 0 Å². The first-order chi connectivity index (χ1) is 12.1. The van der Waals surface area contributed by atoms with Gasteiger partial charge in [-0.05, 0) is 24.6 Å². The summed E-state index contributed by atoms with van der Waals surface area (Å²) >= 11 is 0. The molecule has 1 fully saturated rings. The Labute approximate surface area is 147 Å². The molecule has 3 rings (SSSR count). The molecule has 1 aliphatic heterocycles. The van der Waals surface area contributed by atoms with Gasteiger partial charge < -0.3 is 14.5 Å². The molecular formula is C18H23N5O2. The number of amides is 1. The number of hydrogen-bond acceptors (Lipinski definition) is 6. The van der Waals surface area contributed by atoms with Crippen LogP contribution in [0.5, 0.6) is 0 Å². The van der Waals surface area contributed by atoms with Gasteiger partial charge in [0.05, 0.1) is 18.8 Å². The van der Waals surface area contributed by atoms with E-state index < -0.39 is 0 Å². The molecule has 0 aliphatic carbocycles. The van der Waals surface area contributed by atoms with Crippen molar-refractivity contribution in [3.63, 3.8) is 0 Å². The molecule has 1 aliphatic rings. The van der Waals surface area contributed by atoms with Crippen molar-refractivity contribution in [1.82, 2.24) is 19.9 Å². The quantitative estimate of drug-likeness (QED) is 0.820. The number of aryl methyl sites for hydroxylation is 1. The van der Waals surface area contributed by atoms with E-state index in [2.05, 4.69) is 15.0 Å². The van der Waals surface area contributed by atoms with Crippen LogP contribution in [0.2, 0.25) is 0 Å². The van der Waals surface area contributed by atoms with Gasteiger partial charge in [0.15, 0.2) is 0 Å². The summed E-state index contributed by atoms with van der Waals surface area (Å²) in [6.07, 6.45) is 4.37. The van der Waals surface area contributed by atoms with Crippen LogP contribution in [0.15, 0.2) is 36.7 Å². The van der Waals surface area contributed by atoms with Crippen LogP contribution in [0.4, 0.5) is 5.95 Å². The van der Waals surface area contributed by atoms with Gasteiger partial charge in [-0.1, -0.05) is 6.07 Å². The predicted molar refractivity (Wildman–Crippen MR) is 94.2 cm³/mol. The Kier molecular flexibility index (Phi) is 5.55. The largest absolute Gasteiger partial charge is 0.368 e. The number of hydrogen-bond donors (Lipinski definition) is 0. The maximum Gasteiger partial charge on any atom is 0.225 e. The first-order valence-corrected chi connectivity index (χ1v) is 8.43. The Morgan fingerprint density at radius 2 is 2.16 bits per heavy atom. The molecule has 0 spiro atoms. The van der Waals surface area contributed by atoms with Crippen LogP contribution in [-0.2, 0) is 16.0 Å². The molecule has 1 saturated heterocycles. The first kappa shape index (κ1) is 17.3. The zero-order valence-electron chi connectivity index (χ0n) is 14.6. The molecule has 2 aromatic rings. The lowest BCUT2D eigenvalue weighted by Gasteiger charge is -2.33. The zero-order chi connectivity index (χ0) is 17.6. The lowest BCUT2D eigenvalue weighted by atomic mass is 10.1. The summed E-state index contributed by atoms with van der Waals surface area (Å²) in [7, 11) is 3.79. The zero-order valence-corrected chi connectivity index (χ0v) is 14.6. The molecule has 0 radical (unpaired) electrons. The highest BCUT2D eigenvalue weighted by molar-refractivity contribution is 5.76. The Bertz CT molecular complexity index is 708. The summed E-state index contributed by atoms with van der Waals surface area (Å²) in [5, 5.41) is 0. The number of anilines is 1. The van der Waals surface area contributed by atoms with Crippen molar-refractivity contribution in [2.45, 2.75) is 18.9 Å². The van der Waals surface area contributed by atoms with E-state index in [0.29, 0.717) is 38.5 Å². The molecule has 25 heavy (non-hydrogen) atoms. The highest BCUT2D eigenvalue weighted by atomic mass is 16.5. The Balaban J connectivity index is 1.60. The SMILES string of the molecule is CN(C)c1nccc([C@@H]2CN(C(=O)CCc3ccccn3)CCO2)n1. The molecule has 7 nitrogen and oxygen atoms in total. The normalized spacial score (nSPS) is 17.4. The fourth-order valence-corrected chi connectivity index (χ4v) is 2.75. The van der Waals surface area contributed by atoms with Crippen molar-refractivity contribution in [2.75, 3.05) is 38.7 Å². The number of carbonyl (C=O) groups is 1. The third-order valence-electron chi connectivity index (χ3n) is 4.13. The summed E-state index contributed by atoms with van der Waals surface area (Å²) < 4.78 is 5.83. The van der Waals surface area contributed by atoms with Gasteiger partial charge in [-0.15, -0.1) is 0 Å². The molecule has 0 saturated carbocycles. The van der Waals surface area contributed by atoms with E-state index in [1.165, 1.54) is 0 Å². The summed E-state index contributed by atoms with van der Waals surface area (Å²) in [6, 6.07) is 7.61. The van der Waals surface area contributed by atoms with Gasteiger partial charge in [-0.2, -0.15) is 0 Å². The minimum atomic E-state index is -0.214. The highest BCUT2D eigenvalue weighted by Gasteiger charge is 2.26. The van der Waals surface area contributed by atoms with Crippen LogP contribution in [-0.4, -0.2) is 59.6 Å². The van der Waals surface area contributed by atoms with Crippen molar-refractivity contribution in [2.24, 2.45) is 0 Å². The second kappa shape index (κ2) is 8.02. The van der Waals surface area contributed by atoms with E-state index >= 15 is 0 Å². The maximum absolute atomic E-state index is 12.5. The van der Waals surface area contributed by atoms with Gasteiger partial charge in [0.1, 0.15) is 6.10 Å². The minimum Gasteiger partial charge on any atom is -0.368 e. The van der Waals surface area contributed by atoms with Gasteiger partial charge in [-0.3, -0.25) is 9.78 Å². The Morgan fingerprint density at radius 1 is 1.28 bits per heavy atom. The van der Waals surface area contributed by atoms with Crippen LogP contribution >= 0.6 is 0 Å². The van der Waals surface area contributed by atoms with Crippen molar-refractivity contribution in [3.8, 4) is 0 Å². The molecule has 0 aromatic carbocycles. The fourth-order valence-electron chi connectivity index (χ4n) is 2.75. The average molecular weight is 341 g/mol. The number of rotatable bonds is 5. The molecule has 132 valence electrons. The molecule has 3 heterocycles. The third-order valence-corrected chi connectivity index (χ3v) is 4.13. The smallest absolute Gasteiger partial charge is 0.225 e. The third kappa shape index (κ3) is 4.51. The summed E-state index contributed by atoms with van der Waals surface area (Å²) in [5.74, 6) is 0.764. The molecule has 0 bridgehead atoms. The van der Waals surface area contributed by atoms with Crippen molar-refractivity contribution < 1.29 is 9.53 Å². The topological polar surface area (TPSA) is 71.5 Å². The molecule has 1 atom stereocenters. The first-order valence-electron chi connectivity index (χ1n) is 8.43. The summed E-state index contributed by atoms with van der Waals surface area (Å²) in [6.45, 7) is 1.65. The van der Waals surface area contributed by atoms with Crippen molar-refractivity contribution in [1.29, 1.82) is 0 Å². The van der Waals surface area contributed by atoms with E-state index in [4.69, 9.17) is 4.74 Å². The molecule has 7 heteroatoms. The van der Waals surface area contributed by atoms with E-state index in [-0.39, 0.29) is 12.0 Å². The molecular weight excluding hydrogens is 318 g/mol. The number of carbonyl (C=O) groups excluding carboxylic acids is 1. The van der Waals surface area contributed by atoms with E-state index in [9.17, 15) is 4.79 Å². The van der Waals surface area contributed by atoms with Crippen molar-refractivity contribution >= 4 is 11.9 Å². The minimum absolute atomic E-state index is 0.126. The van der Waals surface area contributed by atoms with E-state index in [0.717, 1.165) is 11.4 Å². The van der Waals surface area contributed by atoms with Crippen molar-refractivity contribution in [3.05, 3.63) is 48.0 Å². The number of aromatic nitrogens is 3. The monoisotopic (exact) mass is 341 g/mol. The van der Waals surface area contributed by atoms with Crippen LogP contribution in [0.1, 0.15) is 23.9 Å². The molecule has 0 unspecified atom stereocenters. The van der Waals surface area contributed by atoms with Gasteiger partial charge in [0, 0.05) is 45.1 Å². The second-order valence-corrected chi connectivity index (χ2v) is 6.20. The van der Waals surface area contributed by atoms with Crippen LogP contribution in [0.25, 0.3) is 0 Å². The number of morpholine rings is 1. The lowest BCUT2D eigenvalue weighted by molar-refractivity contribution is -0.139.